The molecule has 144 valence electrons. The average Bonchev–Trinajstić information content (AvgIpc) is 3.26. The highest BCUT2D eigenvalue weighted by molar-refractivity contribution is 5.84. The smallest absolute Gasteiger partial charge is 0.237 e. The second-order valence-electron chi connectivity index (χ2n) is 7.54. The Bertz CT molecular complexity index is 565. The molecule has 2 aliphatic rings. The van der Waals surface area contributed by atoms with E-state index in [-0.39, 0.29) is 17.9 Å². The molecule has 3 rings (SSSR count). The summed E-state index contributed by atoms with van der Waals surface area (Å²) in [7, 11) is 0. The Morgan fingerprint density at radius 3 is 2.58 bits per heavy atom. The molecule has 1 aliphatic carbocycles. The lowest BCUT2D eigenvalue weighted by Gasteiger charge is -2.25. The molecule has 0 aromatic carbocycles. The highest BCUT2D eigenvalue weighted by Gasteiger charge is 2.32. The number of amides is 2. The van der Waals surface area contributed by atoms with Crippen LogP contribution in [0.4, 0.5) is 0 Å². The van der Waals surface area contributed by atoms with Crippen LogP contribution < -0.4 is 10.6 Å². The SMILES string of the molecule is O=C(CN1CCCC1C(=O)NCc1ccco1)NC1CCCCCCC1. The third-order valence-corrected chi connectivity index (χ3v) is 5.50. The van der Waals surface area contributed by atoms with Crippen molar-refractivity contribution in [2.45, 2.75) is 76.4 Å². The molecule has 0 spiro atoms. The molecule has 26 heavy (non-hydrogen) atoms. The van der Waals surface area contributed by atoms with E-state index in [1.165, 1.54) is 32.1 Å². The van der Waals surface area contributed by atoms with Crippen LogP contribution in [-0.4, -0.2) is 41.9 Å². The molecule has 6 heteroatoms. The van der Waals surface area contributed by atoms with Crippen molar-refractivity contribution >= 4 is 11.8 Å². The van der Waals surface area contributed by atoms with E-state index in [1.807, 2.05) is 17.0 Å². The Morgan fingerprint density at radius 1 is 1.08 bits per heavy atom. The van der Waals surface area contributed by atoms with E-state index in [4.69, 9.17) is 4.42 Å². The summed E-state index contributed by atoms with van der Waals surface area (Å²) in [5, 5.41) is 6.12. The first kappa shape index (κ1) is 19.0. The summed E-state index contributed by atoms with van der Waals surface area (Å²) in [6, 6.07) is 3.74. The lowest BCUT2D eigenvalue weighted by Crippen LogP contribution is -2.48. The number of carbonyl (C=O) groups excluding carboxylic acids is 2. The Balaban J connectivity index is 1.44. The van der Waals surface area contributed by atoms with Crippen molar-refractivity contribution in [3.8, 4) is 0 Å². The topological polar surface area (TPSA) is 74.6 Å². The number of furan rings is 1. The minimum Gasteiger partial charge on any atom is -0.467 e. The molecule has 1 saturated heterocycles. The van der Waals surface area contributed by atoms with Gasteiger partial charge in [0.05, 0.1) is 25.4 Å². The maximum atomic E-state index is 12.5. The fourth-order valence-electron chi connectivity index (χ4n) is 4.08. The van der Waals surface area contributed by atoms with Crippen LogP contribution in [0.1, 0.15) is 63.5 Å². The Kier molecular flexibility index (Phi) is 7.12. The zero-order valence-electron chi connectivity index (χ0n) is 15.5. The molecule has 2 N–H and O–H groups in total. The van der Waals surface area contributed by atoms with E-state index in [0.717, 1.165) is 38.0 Å². The molecule has 1 unspecified atom stereocenters. The summed E-state index contributed by atoms with van der Waals surface area (Å²) in [6.45, 7) is 1.51. The molecule has 6 nitrogen and oxygen atoms in total. The Morgan fingerprint density at radius 2 is 1.85 bits per heavy atom. The van der Waals surface area contributed by atoms with Gasteiger partial charge in [-0.2, -0.15) is 0 Å². The van der Waals surface area contributed by atoms with Crippen molar-refractivity contribution in [1.82, 2.24) is 15.5 Å². The monoisotopic (exact) mass is 361 g/mol. The molecule has 1 saturated carbocycles. The summed E-state index contributed by atoms with van der Waals surface area (Å²) >= 11 is 0. The summed E-state index contributed by atoms with van der Waals surface area (Å²) in [5.41, 5.74) is 0. The number of hydrogen-bond acceptors (Lipinski definition) is 4. The molecule has 1 aliphatic heterocycles. The first-order valence-electron chi connectivity index (χ1n) is 10.1. The van der Waals surface area contributed by atoms with Crippen LogP contribution in [0.15, 0.2) is 22.8 Å². The van der Waals surface area contributed by atoms with Crippen molar-refractivity contribution in [2.75, 3.05) is 13.1 Å². The first-order chi connectivity index (χ1) is 12.7. The number of rotatable bonds is 6. The van der Waals surface area contributed by atoms with Crippen molar-refractivity contribution in [3.63, 3.8) is 0 Å². The lowest BCUT2D eigenvalue weighted by molar-refractivity contribution is -0.128. The van der Waals surface area contributed by atoms with Gasteiger partial charge in [-0.1, -0.05) is 32.1 Å². The Hall–Kier alpha value is -1.82. The van der Waals surface area contributed by atoms with Gasteiger partial charge in [-0.25, -0.2) is 0 Å². The van der Waals surface area contributed by atoms with E-state index >= 15 is 0 Å². The van der Waals surface area contributed by atoms with Crippen LogP contribution in [-0.2, 0) is 16.1 Å². The maximum Gasteiger partial charge on any atom is 0.237 e. The molecule has 0 radical (unpaired) electrons. The van der Waals surface area contributed by atoms with Crippen LogP contribution >= 0.6 is 0 Å². The normalized spacial score (nSPS) is 22.5. The van der Waals surface area contributed by atoms with Gasteiger partial charge < -0.3 is 15.1 Å². The average molecular weight is 361 g/mol. The van der Waals surface area contributed by atoms with Crippen molar-refractivity contribution < 1.29 is 14.0 Å². The summed E-state index contributed by atoms with van der Waals surface area (Å²) in [4.78, 5) is 27.0. The summed E-state index contributed by atoms with van der Waals surface area (Å²) in [6.07, 6.45) is 11.8. The van der Waals surface area contributed by atoms with E-state index in [1.54, 1.807) is 6.26 Å². The number of nitrogens with one attached hydrogen (secondary N) is 2. The zero-order valence-corrected chi connectivity index (χ0v) is 15.5. The van der Waals surface area contributed by atoms with Gasteiger partial charge in [0.15, 0.2) is 0 Å². The number of carbonyl (C=O) groups is 2. The third-order valence-electron chi connectivity index (χ3n) is 5.50. The fraction of sp³-hybridized carbons (Fsp3) is 0.700. The fourth-order valence-corrected chi connectivity index (χ4v) is 4.08. The molecule has 2 fully saturated rings. The third kappa shape index (κ3) is 5.59. The van der Waals surface area contributed by atoms with Gasteiger partial charge in [0.1, 0.15) is 5.76 Å². The second kappa shape index (κ2) is 9.76. The highest BCUT2D eigenvalue weighted by Crippen LogP contribution is 2.19. The number of nitrogens with zero attached hydrogens (tertiary/aromatic N) is 1. The standard InChI is InChI=1S/C20H31N3O3/c24-19(22-16-8-4-2-1-3-5-9-16)15-23-12-6-11-18(23)20(25)21-14-17-10-7-13-26-17/h7,10,13,16,18H,1-6,8-9,11-12,14-15H2,(H,21,25)(H,22,24). The molecular weight excluding hydrogens is 330 g/mol. The van der Waals surface area contributed by atoms with E-state index < -0.39 is 0 Å². The summed E-state index contributed by atoms with van der Waals surface area (Å²) < 4.78 is 5.25. The van der Waals surface area contributed by atoms with Crippen LogP contribution in [0.3, 0.4) is 0 Å². The largest absolute Gasteiger partial charge is 0.467 e. The zero-order chi connectivity index (χ0) is 18.2. The van der Waals surface area contributed by atoms with Gasteiger partial charge >= 0.3 is 0 Å². The number of hydrogen-bond donors (Lipinski definition) is 2. The van der Waals surface area contributed by atoms with Crippen LogP contribution in [0.25, 0.3) is 0 Å². The maximum absolute atomic E-state index is 12.5. The second-order valence-corrected chi connectivity index (χ2v) is 7.54. The van der Waals surface area contributed by atoms with Gasteiger partial charge in [-0.05, 0) is 44.4 Å². The van der Waals surface area contributed by atoms with Gasteiger partial charge in [-0.3, -0.25) is 14.5 Å². The predicted molar refractivity (Wildman–Crippen MR) is 99.4 cm³/mol. The minimum absolute atomic E-state index is 0.0161. The Labute approximate surface area is 155 Å². The van der Waals surface area contributed by atoms with E-state index in [9.17, 15) is 9.59 Å². The molecule has 2 heterocycles. The van der Waals surface area contributed by atoms with E-state index in [0.29, 0.717) is 19.1 Å². The van der Waals surface area contributed by atoms with E-state index in [2.05, 4.69) is 10.6 Å². The van der Waals surface area contributed by atoms with Gasteiger partial charge in [0, 0.05) is 6.04 Å². The molecule has 1 aromatic heterocycles. The van der Waals surface area contributed by atoms with Crippen LogP contribution in [0, 0.1) is 0 Å². The predicted octanol–water partition coefficient (Wildman–Crippen LogP) is 2.59. The molecule has 2 amide bonds. The van der Waals surface area contributed by atoms with Gasteiger partial charge in [0.2, 0.25) is 11.8 Å². The van der Waals surface area contributed by atoms with Crippen LogP contribution in [0.2, 0.25) is 0 Å². The minimum atomic E-state index is -0.215. The first-order valence-corrected chi connectivity index (χ1v) is 10.1. The molecule has 1 atom stereocenters. The number of likely N-dealkylation sites (tertiary alicyclic amines) is 1. The van der Waals surface area contributed by atoms with Crippen LogP contribution in [0.5, 0.6) is 0 Å². The quantitative estimate of drug-likeness (QED) is 0.817. The molecule has 1 aromatic rings. The van der Waals surface area contributed by atoms with Crippen molar-refractivity contribution in [2.24, 2.45) is 0 Å². The van der Waals surface area contributed by atoms with Crippen molar-refractivity contribution in [1.29, 1.82) is 0 Å². The van der Waals surface area contributed by atoms with Gasteiger partial charge in [0.25, 0.3) is 0 Å². The van der Waals surface area contributed by atoms with Gasteiger partial charge in [-0.15, -0.1) is 0 Å². The highest BCUT2D eigenvalue weighted by atomic mass is 16.3. The van der Waals surface area contributed by atoms with Crippen molar-refractivity contribution in [3.05, 3.63) is 24.2 Å². The molecule has 0 bridgehead atoms. The molecular formula is C20H31N3O3. The summed E-state index contributed by atoms with van der Waals surface area (Å²) in [5.74, 6) is 0.781. The lowest BCUT2D eigenvalue weighted by atomic mass is 9.97.